The summed E-state index contributed by atoms with van der Waals surface area (Å²) in [6, 6.07) is 9.81. The normalized spacial score (nSPS) is 16.8. The van der Waals surface area contributed by atoms with Crippen molar-refractivity contribution >= 4 is 5.91 Å². The molecule has 1 fully saturated rings. The van der Waals surface area contributed by atoms with Crippen LogP contribution in [-0.2, 0) is 11.3 Å². The first-order valence-corrected chi connectivity index (χ1v) is 5.45. The maximum atomic E-state index is 11.5. The van der Waals surface area contributed by atoms with Gasteiger partial charge in [0, 0.05) is 19.6 Å². The highest BCUT2D eigenvalue weighted by Crippen LogP contribution is 2.05. The molecule has 1 amide bonds. The van der Waals surface area contributed by atoms with Crippen molar-refractivity contribution < 1.29 is 9.90 Å². The summed E-state index contributed by atoms with van der Waals surface area (Å²) in [5.74, 6) is 0.00996. The maximum absolute atomic E-state index is 11.5. The largest absolute Gasteiger partial charge is 0.390 e. The molecule has 0 radical (unpaired) electrons. The van der Waals surface area contributed by atoms with Gasteiger partial charge in [0.25, 0.3) is 0 Å². The molecule has 0 atom stereocenters. The van der Waals surface area contributed by atoms with Gasteiger partial charge in [0.05, 0.1) is 12.6 Å². The molecular weight excluding hydrogens is 204 g/mol. The molecule has 0 spiro atoms. The molecule has 4 heteroatoms. The van der Waals surface area contributed by atoms with Crippen LogP contribution >= 0.6 is 0 Å². The number of hydrogen-bond acceptors (Lipinski definition) is 3. The van der Waals surface area contributed by atoms with E-state index in [1.165, 1.54) is 0 Å². The van der Waals surface area contributed by atoms with Crippen molar-refractivity contribution in [2.75, 3.05) is 19.6 Å². The monoisotopic (exact) mass is 220 g/mol. The fourth-order valence-corrected chi connectivity index (χ4v) is 1.73. The van der Waals surface area contributed by atoms with Crippen molar-refractivity contribution in [3.8, 4) is 0 Å². The summed E-state index contributed by atoms with van der Waals surface area (Å²) < 4.78 is 0. The van der Waals surface area contributed by atoms with Gasteiger partial charge in [-0.2, -0.15) is 0 Å². The summed E-state index contributed by atoms with van der Waals surface area (Å²) in [7, 11) is 0. The number of carbonyl (C=O) groups is 1. The van der Waals surface area contributed by atoms with Crippen LogP contribution in [0.3, 0.4) is 0 Å². The minimum atomic E-state index is -0.248. The van der Waals surface area contributed by atoms with Crippen LogP contribution in [0.5, 0.6) is 0 Å². The SMILES string of the molecule is O=C(CN1CC(O)C1)NCc1ccccc1. The predicted molar refractivity (Wildman–Crippen MR) is 60.7 cm³/mol. The summed E-state index contributed by atoms with van der Waals surface area (Å²) >= 11 is 0. The van der Waals surface area contributed by atoms with Crippen LogP contribution in [0.15, 0.2) is 30.3 Å². The third-order valence-electron chi connectivity index (χ3n) is 2.64. The number of nitrogens with one attached hydrogen (secondary N) is 1. The van der Waals surface area contributed by atoms with Crippen LogP contribution in [0.25, 0.3) is 0 Å². The van der Waals surface area contributed by atoms with Crippen molar-refractivity contribution in [2.45, 2.75) is 12.6 Å². The summed E-state index contributed by atoms with van der Waals surface area (Å²) in [5.41, 5.74) is 1.10. The number of rotatable bonds is 4. The molecule has 2 rings (SSSR count). The Bertz CT molecular complexity index is 347. The van der Waals surface area contributed by atoms with E-state index in [1.807, 2.05) is 35.2 Å². The highest BCUT2D eigenvalue weighted by atomic mass is 16.3. The van der Waals surface area contributed by atoms with Crippen molar-refractivity contribution in [1.82, 2.24) is 10.2 Å². The molecule has 0 bridgehead atoms. The second-order valence-electron chi connectivity index (χ2n) is 4.11. The zero-order valence-corrected chi connectivity index (χ0v) is 9.10. The molecule has 4 nitrogen and oxygen atoms in total. The minimum absolute atomic E-state index is 0.00996. The average Bonchev–Trinajstić information content (AvgIpc) is 2.26. The van der Waals surface area contributed by atoms with E-state index < -0.39 is 0 Å². The van der Waals surface area contributed by atoms with E-state index >= 15 is 0 Å². The fraction of sp³-hybridized carbons (Fsp3) is 0.417. The molecule has 0 aromatic heterocycles. The Kier molecular flexibility index (Phi) is 3.54. The van der Waals surface area contributed by atoms with Crippen molar-refractivity contribution in [3.05, 3.63) is 35.9 Å². The van der Waals surface area contributed by atoms with Gasteiger partial charge < -0.3 is 10.4 Å². The Balaban J connectivity index is 1.68. The number of hydrogen-bond donors (Lipinski definition) is 2. The number of amides is 1. The molecular formula is C12H16N2O2. The molecule has 1 heterocycles. The second-order valence-corrected chi connectivity index (χ2v) is 4.11. The Labute approximate surface area is 94.9 Å². The van der Waals surface area contributed by atoms with E-state index in [9.17, 15) is 4.79 Å². The first-order valence-electron chi connectivity index (χ1n) is 5.45. The highest BCUT2D eigenvalue weighted by Gasteiger charge is 2.25. The van der Waals surface area contributed by atoms with Gasteiger partial charge in [-0.15, -0.1) is 0 Å². The Morgan fingerprint density at radius 1 is 1.38 bits per heavy atom. The summed E-state index contributed by atoms with van der Waals surface area (Å²) in [6.45, 7) is 2.16. The van der Waals surface area contributed by atoms with Gasteiger partial charge in [-0.1, -0.05) is 30.3 Å². The number of nitrogens with zero attached hydrogens (tertiary/aromatic N) is 1. The van der Waals surface area contributed by atoms with E-state index in [0.717, 1.165) is 5.56 Å². The highest BCUT2D eigenvalue weighted by molar-refractivity contribution is 5.78. The standard InChI is InChI=1S/C12H16N2O2/c15-11-7-14(8-11)9-12(16)13-6-10-4-2-1-3-5-10/h1-5,11,15H,6-9H2,(H,13,16). The fourth-order valence-electron chi connectivity index (χ4n) is 1.73. The topological polar surface area (TPSA) is 52.6 Å². The molecule has 16 heavy (non-hydrogen) atoms. The maximum Gasteiger partial charge on any atom is 0.234 e. The molecule has 86 valence electrons. The summed E-state index contributed by atoms with van der Waals surface area (Å²) in [4.78, 5) is 13.4. The molecule has 0 unspecified atom stereocenters. The van der Waals surface area contributed by atoms with Crippen LogP contribution < -0.4 is 5.32 Å². The van der Waals surface area contributed by atoms with Crippen molar-refractivity contribution in [3.63, 3.8) is 0 Å². The van der Waals surface area contributed by atoms with Crippen LogP contribution in [0.1, 0.15) is 5.56 Å². The molecule has 1 aromatic rings. The first kappa shape index (κ1) is 11.1. The number of likely N-dealkylation sites (tertiary alicyclic amines) is 1. The predicted octanol–water partition coefficient (Wildman–Crippen LogP) is -0.0207. The van der Waals surface area contributed by atoms with E-state index in [2.05, 4.69) is 5.32 Å². The minimum Gasteiger partial charge on any atom is -0.390 e. The number of aliphatic hydroxyl groups is 1. The van der Waals surface area contributed by atoms with Crippen molar-refractivity contribution in [2.24, 2.45) is 0 Å². The van der Waals surface area contributed by atoms with Crippen LogP contribution in [0.2, 0.25) is 0 Å². The van der Waals surface area contributed by atoms with E-state index in [0.29, 0.717) is 26.2 Å². The lowest BCUT2D eigenvalue weighted by atomic mass is 10.2. The van der Waals surface area contributed by atoms with E-state index in [4.69, 9.17) is 5.11 Å². The van der Waals surface area contributed by atoms with E-state index in [-0.39, 0.29) is 12.0 Å². The number of carbonyl (C=O) groups excluding carboxylic acids is 1. The molecule has 0 saturated carbocycles. The Hall–Kier alpha value is -1.39. The van der Waals surface area contributed by atoms with Gasteiger partial charge in [-0.05, 0) is 5.56 Å². The molecule has 0 aliphatic carbocycles. The lowest BCUT2D eigenvalue weighted by Crippen LogP contribution is -2.53. The number of aliphatic hydroxyl groups excluding tert-OH is 1. The Morgan fingerprint density at radius 3 is 2.69 bits per heavy atom. The van der Waals surface area contributed by atoms with Crippen LogP contribution in [-0.4, -0.2) is 41.7 Å². The smallest absolute Gasteiger partial charge is 0.234 e. The van der Waals surface area contributed by atoms with E-state index in [1.54, 1.807) is 0 Å². The first-order chi connectivity index (χ1) is 7.74. The summed E-state index contributed by atoms with van der Waals surface area (Å²) in [6.07, 6.45) is -0.248. The lowest BCUT2D eigenvalue weighted by molar-refractivity contribution is -0.125. The third kappa shape index (κ3) is 3.05. The van der Waals surface area contributed by atoms with Gasteiger partial charge in [0.1, 0.15) is 0 Å². The number of benzene rings is 1. The van der Waals surface area contributed by atoms with Gasteiger partial charge in [-0.25, -0.2) is 0 Å². The van der Waals surface area contributed by atoms with Gasteiger partial charge in [-0.3, -0.25) is 9.69 Å². The van der Waals surface area contributed by atoms with Crippen molar-refractivity contribution in [1.29, 1.82) is 0 Å². The zero-order valence-electron chi connectivity index (χ0n) is 9.10. The van der Waals surface area contributed by atoms with Crippen LogP contribution in [0, 0.1) is 0 Å². The van der Waals surface area contributed by atoms with Gasteiger partial charge >= 0.3 is 0 Å². The number of β-amino-alcohol motifs (C(OH)–C–C–N with tert-alkyl or cyclic N) is 1. The molecule has 2 N–H and O–H groups in total. The molecule has 1 saturated heterocycles. The van der Waals surface area contributed by atoms with Gasteiger partial charge in [0.15, 0.2) is 0 Å². The Morgan fingerprint density at radius 2 is 2.06 bits per heavy atom. The van der Waals surface area contributed by atoms with Gasteiger partial charge in [0.2, 0.25) is 5.91 Å². The average molecular weight is 220 g/mol. The molecule has 1 aliphatic heterocycles. The lowest BCUT2D eigenvalue weighted by Gasteiger charge is -2.35. The quantitative estimate of drug-likeness (QED) is 0.750. The third-order valence-corrected chi connectivity index (χ3v) is 2.64. The summed E-state index contributed by atoms with van der Waals surface area (Å²) in [5, 5.41) is 11.9. The second kappa shape index (κ2) is 5.09. The molecule has 1 aliphatic rings. The van der Waals surface area contributed by atoms with Crippen LogP contribution in [0.4, 0.5) is 0 Å². The molecule has 1 aromatic carbocycles. The zero-order chi connectivity index (χ0) is 11.4.